The van der Waals surface area contributed by atoms with E-state index in [2.05, 4.69) is 10.8 Å². The van der Waals surface area contributed by atoms with E-state index in [4.69, 9.17) is 11.2 Å². The first-order valence-corrected chi connectivity index (χ1v) is 6.58. The fourth-order valence-corrected chi connectivity index (χ4v) is 2.71. The Bertz CT molecular complexity index is 355. The number of hydrogen-bond acceptors (Lipinski definition) is 3. The number of hydrogen-bond donors (Lipinski definition) is 0. The minimum atomic E-state index is -0.413. The van der Waals surface area contributed by atoms with Crippen LogP contribution in [-0.2, 0) is 4.74 Å². The molecule has 100 valence electrons. The molecule has 2 bridgehead atoms. The van der Waals surface area contributed by atoms with Gasteiger partial charge in [0.25, 0.3) is 0 Å². The third-order valence-electron chi connectivity index (χ3n) is 3.45. The molecule has 0 N–H and O–H groups in total. The predicted molar refractivity (Wildman–Crippen MR) is 70.2 cm³/mol. The molecular weight excluding hydrogens is 228 g/mol. The van der Waals surface area contributed by atoms with Gasteiger partial charge in [0, 0.05) is 26.1 Å². The largest absolute Gasteiger partial charge is 0.444 e. The topological polar surface area (TPSA) is 32.8 Å². The lowest BCUT2D eigenvalue weighted by molar-refractivity contribution is -0.0758. The molecule has 0 spiro atoms. The lowest BCUT2D eigenvalue weighted by Crippen LogP contribution is -2.70. The average molecular weight is 250 g/mol. The Morgan fingerprint density at radius 2 is 2.00 bits per heavy atom. The van der Waals surface area contributed by atoms with Crippen LogP contribution in [-0.4, -0.2) is 53.2 Å². The van der Waals surface area contributed by atoms with Crippen molar-refractivity contribution in [2.45, 2.75) is 51.3 Å². The van der Waals surface area contributed by atoms with Crippen molar-refractivity contribution in [1.29, 1.82) is 0 Å². The van der Waals surface area contributed by atoms with Gasteiger partial charge in [-0.2, -0.15) is 0 Å². The quantitative estimate of drug-likeness (QED) is 0.699. The minimum absolute atomic E-state index is 0.166. The normalized spacial score (nSPS) is 27.3. The van der Waals surface area contributed by atoms with Crippen molar-refractivity contribution >= 4 is 6.09 Å². The monoisotopic (exact) mass is 250 g/mol. The van der Waals surface area contributed by atoms with E-state index in [1.165, 1.54) is 0 Å². The molecular formula is C14H22N2O2. The van der Waals surface area contributed by atoms with Gasteiger partial charge in [-0.1, -0.05) is 0 Å². The second-order valence-electron chi connectivity index (χ2n) is 6.14. The van der Waals surface area contributed by atoms with Crippen LogP contribution in [0.15, 0.2) is 0 Å². The summed E-state index contributed by atoms with van der Waals surface area (Å²) < 4.78 is 5.43. The van der Waals surface area contributed by atoms with Crippen molar-refractivity contribution in [3.8, 4) is 12.3 Å². The summed E-state index contributed by atoms with van der Waals surface area (Å²) in [4.78, 5) is 16.3. The van der Waals surface area contributed by atoms with Gasteiger partial charge < -0.3 is 4.74 Å². The fraction of sp³-hybridized carbons (Fsp3) is 0.786. The first kappa shape index (κ1) is 13.2. The minimum Gasteiger partial charge on any atom is -0.444 e. The maximum absolute atomic E-state index is 12.0. The van der Waals surface area contributed by atoms with Gasteiger partial charge in [0.1, 0.15) is 5.60 Å². The van der Waals surface area contributed by atoms with Gasteiger partial charge in [-0.05, 0) is 27.2 Å². The van der Waals surface area contributed by atoms with E-state index in [0.29, 0.717) is 12.1 Å². The molecule has 2 atom stereocenters. The van der Waals surface area contributed by atoms with Crippen LogP contribution in [0.4, 0.5) is 4.79 Å². The number of fused-ring (bicyclic) bond motifs is 2. The summed E-state index contributed by atoms with van der Waals surface area (Å²) in [5.41, 5.74) is -0.413. The lowest BCUT2D eigenvalue weighted by atomic mass is 9.88. The van der Waals surface area contributed by atoms with E-state index in [9.17, 15) is 4.79 Å². The number of carbonyl (C=O) groups is 1. The van der Waals surface area contributed by atoms with Crippen LogP contribution in [0, 0.1) is 12.3 Å². The Hall–Kier alpha value is -1.21. The van der Waals surface area contributed by atoms with Crippen molar-refractivity contribution in [1.82, 2.24) is 9.80 Å². The molecule has 0 aromatic rings. The van der Waals surface area contributed by atoms with Crippen LogP contribution < -0.4 is 0 Å². The summed E-state index contributed by atoms with van der Waals surface area (Å²) in [5.74, 6) is 2.66. The zero-order valence-electron chi connectivity index (χ0n) is 11.5. The summed E-state index contributed by atoms with van der Waals surface area (Å²) in [6.07, 6.45) is 7.00. The van der Waals surface area contributed by atoms with Crippen molar-refractivity contribution < 1.29 is 9.53 Å². The highest BCUT2D eigenvalue weighted by Gasteiger charge is 2.48. The van der Waals surface area contributed by atoms with Gasteiger partial charge in [-0.3, -0.25) is 9.80 Å². The number of rotatable bonds is 2. The third-order valence-corrected chi connectivity index (χ3v) is 3.45. The number of piperidine rings is 1. The molecule has 3 saturated heterocycles. The molecule has 3 heterocycles. The van der Waals surface area contributed by atoms with Gasteiger partial charge in [-0.25, -0.2) is 4.79 Å². The van der Waals surface area contributed by atoms with Crippen LogP contribution in [0.1, 0.15) is 33.6 Å². The fourth-order valence-electron chi connectivity index (χ4n) is 2.71. The van der Waals surface area contributed by atoms with Gasteiger partial charge in [-0.15, -0.1) is 12.3 Å². The van der Waals surface area contributed by atoms with Gasteiger partial charge >= 0.3 is 6.09 Å². The maximum Gasteiger partial charge on any atom is 0.410 e. The zero-order valence-corrected chi connectivity index (χ0v) is 11.5. The number of ether oxygens (including phenoxy) is 1. The van der Waals surface area contributed by atoms with Crippen LogP contribution >= 0.6 is 0 Å². The molecule has 2 unspecified atom stereocenters. The summed E-state index contributed by atoms with van der Waals surface area (Å²) in [6, 6.07) is 0.632. The molecule has 1 amide bonds. The Labute approximate surface area is 109 Å². The lowest BCUT2D eigenvalue weighted by Gasteiger charge is -2.55. The molecule has 4 nitrogen and oxygen atoms in total. The molecule has 3 rings (SSSR count). The SMILES string of the molecule is C#CCCN1CC2CC(C1)N2C(=O)OC(C)(C)C. The standard InChI is InChI=1S/C14H22N2O2/c1-5-6-7-15-9-11-8-12(10-15)16(11)13(17)18-14(2,3)4/h1,11-12H,6-10H2,2-4H3. The molecule has 4 heteroatoms. The van der Waals surface area contributed by atoms with Crippen LogP contribution in [0.25, 0.3) is 0 Å². The molecule has 0 saturated carbocycles. The number of piperazine rings is 1. The molecule has 0 aromatic heterocycles. The van der Waals surface area contributed by atoms with E-state index >= 15 is 0 Å². The van der Waals surface area contributed by atoms with Crippen LogP contribution in [0.5, 0.6) is 0 Å². The predicted octanol–water partition coefficient (Wildman–Crippen LogP) is 1.70. The number of carbonyl (C=O) groups excluding carboxylic acids is 1. The second-order valence-corrected chi connectivity index (χ2v) is 6.14. The van der Waals surface area contributed by atoms with E-state index in [1.54, 1.807) is 0 Å². The zero-order chi connectivity index (χ0) is 13.3. The van der Waals surface area contributed by atoms with Gasteiger partial charge in [0.2, 0.25) is 0 Å². The van der Waals surface area contributed by atoms with E-state index in [1.807, 2.05) is 25.7 Å². The molecule has 0 radical (unpaired) electrons. The smallest absolute Gasteiger partial charge is 0.410 e. The molecule has 3 fully saturated rings. The summed E-state index contributed by atoms with van der Waals surface area (Å²) in [7, 11) is 0. The average Bonchev–Trinajstić information content (AvgIpc) is 2.23. The van der Waals surface area contributed by atoms with Crippen molar-refractivity contribution in [2.24, 2.45) is 0 Å². The second kappa shape index (κ2) is 4.81. The highest BCUT2D eigenvalue weighted by atomic mass is 16.6. The Kier molecular flexibility index (Phi) is 3.54. The Morgan fingerprint density at radius 3 is 2.50 bits per heavy atom. The Balaban J connectivity index is 1.86. The van der Waals surface area contributed by atoms with E-state index in [0.717, 1.165) is 32.5 Å². The first-order chi connectivity index (χ1) is 8.40. The third kappa shape index (κ3) is 2.78. The van der Waals surface area contributed by atoms with Crippen molar-refractivity contribution in [3.63, 3.8) is 0 Å². The van der Waals surface area contributed by atoms with Gasteiger partial charge in [0.05, 0.1) is 12.1 Å². The number of nitrogens with zero attached hydrogens (tertiary/aromatic N) is 2. The maximum atomic E-state index is 12.0. The molecule has 0 aliphatic carbocycles. The summed E-state index contributed by atoms with van der Waals surface area (Å²) >= 11 is 0. The van der Waals surface area contributed by atoms with Crippen molar-refractivity contribution in [3.05, 3.63) is 0 Å². The van der Waals surface area contributed by atoms with E-state index < -0.39 is 5.60 Å². The van der Waals surface area contributed by atoms with Crippen LogP contribution in [0.2, 0.25) is 0 Å². The molecule has 3 aliphatic heterocycles. The highest BCUT2D eigenvalue weighted by Crippen LogP contribution is 2.33. The van der Waals surface area contributed by atoms with Crippen LogP contribution in [0.3, 0.4) is 0 Å². The number of terminal acetylenes is 1. The molecule has 0 aromatic carbocycles. The number of amides is 1. The van der Waals surface area contributed by atoms with E-state index in [-0.39, 0.29) is 6.09 Å². The summed E-state index contributed by atoms with van der Waals surface area (Å²) in [6.45, 7) is 8.50. The first-order valence-electron chi connectivity index (χ1n) is 6.58. The summed E-state index contributed by atoms with van der Waals surface area (Å²) in [5, 5.41) is 0. The highest BCUT2D eigenvalue weighted by molar-refractivity contribution is 5.70. The van der Waals surface area contributed by atoms with Crippen molar-refractivity contribution in [2.75, 3.05) is 19.6 Å². The molecule has 3 aliphatic rings. The van der Waals surface area contributed by atoms with Gasteiger partial charge in [0.15, 0.2) is 0 Å². The molecule has 18 heavy (non-hydrogen) atoms. The Morgan fingerprint density at radius 1 is 1.39 bits per heavy atom.